The van der Waals surface area contributed by atoms with E-state index in [2.05, 4.69) is 15.4 Å². The normalized spacial score (nSPS) is 11.0. The largest absolute Gasteiger partial charge is 0.379 e. The highest BCUT2D eigenvalue weighted by Crippen LogP contribution is 2.13. The van der Waals surface area contributed by atoms with Crippen LogP contribution in [0.15, 0.2) is 35.1 Å². The van der Waals surface area contributed by atoms with Gasteiger partial charge in [0.1, 0.15) is 10.8 Å². The van der Waals surface area contributed by atoms with Crippen molar-refractivity contribution in [1.82, 2.24) is 14.6 Å². The Balaban J connectivity index is 1.85. The van der Waals surface area contributed by atoms with Gasteiger partial charge >= 0.3 is 0 Å². The molecule has 0 aliphatic heterocycles. The van der Waals surface area contributed by atoms with E-state index in [1.54, 1.807) is 12.1 Å². The number of aryl methyl sites for hydroxylation is 1. The Morgan fingerprint density at radius 3 is 3.00 bits per heavy atom. The van der Waals surface area contributed by atoms with E-state index in [-0.39, 0.29) is 11.4 Å². The molecule has 0 amide bonds. The standard InChI is InChI=1S/C14H13FN4OS/c1-2-12-18-19-13(20)7-11(17-14(19)21-12)8-16-10-5-3-4-9(15)6-10/h3-7,16H,2,8H2,1H3. The number of rotatable bonds is 4. The monoisotopic (exact) mass is 304 g/mol. The summed E-state index contributed by atoms with van der Waals surface area (Å²) in [7, 11) is 0. The van der Waals surface area contributed by atoms with Crippen LogP contribution in [0.3, 0.4) is 0 Å². The van der Waals surface area contributed by atoms with Gasteiger partial charge in [-0.25, -0.2) is 9.37 Å². The molecule has 7 heteroatoms. The molecule has 0 aliphatic rings. The maximum absolute atomic E-state index is 13.1. The lowest BCUT2D eigenvalue weighted by atomic mass is 10.3. The van der Waals surface area contributed by atoms with Crippen LogP contribution >= 0.6 is 11.3 Å². The van der Waals surface area contributed by atoms with Gasteiger partial charge in [0.25, 0.3) is 5.56 Å². The minimum Gasteiger partial charge on any atom is -0.379 e. The predicted molar refractivity (Wildman–Crippen MR) is 80.2 cm³/mol. The van der Waals surface area contributed by atoms with Crippen molar-refractivity contribution in [3.63, 3.8) is 0 Å². The van der Waals surface area contributed by atoms with Gasteiger partial charge in [0, 0.05) is 11.8 Å². The van der Waals surface area contributed by atoms with Crippen LogP contribution < -0.4 is 10.9 Å². The van der Waals surface area contributed by atoms with Crippen LogP contribution in [0.5, 0.6) is 0 Å². The van der Waals surface area contributed by atoms with Crippen LogP contribution in [0.2, 0.25) is 0 Å². The van der Waals surface area contributed by atoms with Crippen molar-refractivity contribution in [2.45, 2.75) is 19.9 Å². The molecule has 1 aromatic carbocycles. The molecule has 0 fully saturated rings. The molecular weight excluding hydrogens is 291 g/mol. The van der Waals surface area contributed by atoms with E-state index < -0.39 is 0 Å². The number of nitrogens with zero attached hydrogens (tertiary/aromatic N) is 3. The van der Waals surface area contributed by atoms with Crippen LogP contribution in [0.4, 0.5) is 10.1 Å². The molecular formula is C14H13FN4OS. The lowest BCUT2D eigenvalue weighted by Gasteiger charge is -2.05. The van der Waals surface area contributed by atoms with Gasteiger partial charge in [0.05, 0.1) is 12.2 Å². The summed E-state index contributed by atoms with van der Waals surface area (Å²) >= 11 is 1.40. The maximum Gasteiger partial charge on any atom is 0.275 e. The number of aromatic nitrogens is 3. The molecule has 0 spiro atoms. The highest BCUT2D eigenvalue weighted by atomic mass is 32.1. The first kappa shape index (κ1) is 13.7. The molecule has 0 radical (unpaired) electrons. The van der Waals surface area contributed by atoms with Crippen molar-refractivity contribution < 1.29 is 4.39 Å². The fraction of sp³-hybridized carbons (Fsp3) is 0.214. The molecule has 108 valence electrons. The molecule has 5 nitrogen and oxygen atoms in total. The van der Waals surface area contributed by atoms with Crippen LogP contribution in [0.25, 0.3) is 4.96 Å². The Labute approximate surface area is 124 Å². The first-order valence-corrected chi connectivity index (χ1v) is 7.35. The van der Waals surface area contributed by atoms with E-state index in [9.17, 15) is 9.18 Å². The Hall–Kier alpha value is -2.28. The molecule has 0 bridgehead atoms. The summed E-state index contributed by atoms with van der Waals surface area (Å²) in [6.45, 7) is 2.34. The lowest BCUT2D eigenvalue weighted by molar-refractivity contribution is 0.628. The van der Waals surface area contributed by atoms with E-state index in [0.717, 1.165) is 11.4 Å². The molecule has 1 N–H and O–H groups in total. The highest BCUT2D eigenvalue weighted by Gasteiger charge is 2.08. The van der Waals surface area contributed by atoms with E-state index in [0.29, 0.717) is 22.9 Å². The average molecular weight is 304 g/mol. The van der Waals surface area contributed by atoms with E-state index >= 15 is 0 Å². The van der Waals surface area contributed by atoms with Gasteiger partial charge in [-0.3, -0.25) is 4.79 Å². The number of nitrogens with one attached hydrogen (secondary N) is 1. The van der Waals surface area contributed by atoms with Crippen LogP contribution in [-0.4, -0.2) is 14.6 Å². The van der Waals surface area contributed by atoms with Crippen LogP contribution in [0.1, 0.15) is 17.6 Å². The zero-order valence-electron chi connectivity index (χ0n) is 11.3. The Morgan fingerprint density at radius 2 is 2.24 bits per heavy atom. The number of fused-ring (bicyclic) bond motifs is 1. The first-order valence-electron chi connectivity index (χ1n) is 6.54. The second-order valence-corrected chi connectivity index (χ2v) is 5.53. The third kappa shape index (κ3) is 2.92. The van der Waals surface area contributed by atoms with Crippen molar-refractivity contribution in [3.8, 4) is 0 Å². The van der Waals surface area contributed by atoms with E-state index in [4.69, 9.17) is 0 Å². The quantitative estimate of drug-likeness (QED) is 0.804. The zero-order chi connectivity index (χ0) is 14.8. The SMILES string of the molecule is CCc1nn2c(=O)cc(CNc3cccc(F)c3)nc2s1. The van der Waals surface area contributed by atoms with Gasteiger partial charge in [-0.1, -0.05) is 24.3 Å². The van der Waals surface area contributed by atoms with E-state index in [1.807, 2.05) is 6.92 Å². The highest BCUT2D eigenvalue weighted by molar-refractivity contribution is 7.16. The zero-order valence-corrected chi connectivity index (χ0v) is 12.2. The van der Waals surface area contributed by atoms with Crippen LogP contribution in [0, 0.1) is 5.82 Å². The number of hydrogen-bond acceptors (Lipinski definition) is 5. The van der Waals surface area contributed by atoms with Gasteiger partial charge < -0.3 is 5.32 Å². The second kappa shape index (κ2) is 5.61. The Kier molecular flexibility index (Phi) is 3.66. The minimum absolute atomic E-state index is 0.202. The van der Waals surface area contributed by atoms with Crippen molar-refractivity contribution >= 4 is 22.0 Å². The van der Waals surface area contributed by atoms with E-state index in [1.165, 1.54) is 34.1 Å². The number of anilines is 1. The van der Waals surface area contributed by atoms with Crippen molar-refractivity contribution in [1.29, 1.82) is 0 Å². The Morgan fingerprint density at radius 1 is 1.38 bits per heavy atom. The van der Waals surface area contributed by atoms with Crippen molar-refractivity contribution in [2.24, 2.45) is 0 Å². The van der Waals surface area contributed by atoms with Crippen molar-refractivity contribution in [3.05, 3.63) is 57.2 Å². The first-order chi connectivity index (χ1) is 10.2. The molecule has 0 unspecified atom stereocenters. The molecule has 2 aromatic heterocycles. The summed E-state index contributed by atoms with van der Waals surface area (Å²) in [5, 5.41) is 8.11. The van der Waals surface area contributed by atoms with Gasteiger partial charge in [-0.15, -0.1) is 0 Å². The van der Waals surface area contributed by atoms with Gasteiger partial charge in [0.2, 0.25) is 4.96 Å². The summed E-state index contributed by atoms with van der Waals surface area (Å²) < 4.78 is 14.4. The van der Waals surface area contributed by atoms with Gasteiger partial charge in [-0.2, -0.15) is 9.61 Å². The molecule has 3 aromatic rings. The molecule has 0 saturated carbocycles. The summed E-state index contributed by atoms with van der Waals surface area (Å²) in [4.78, 5) is 17.0. The van der Waals surface area contributed by atoms with Gasteiger partial charge in [-0.05, 0) is 24.6 Å². The average Bonchev–Trinajstić information content (AvgIpc) is 2.89. The topological polar surface area (TPSA) is 59.3 Å². The maximum atomic E-state index is 13.1. The number of halogens is 1. The van der Waals surface area contributed by atoms with Gasteiger partial charge in [0.15, 0.2) is 0 Å². The molecule has 0 aliphatic carbocycles. The molecule has 0 atom stereocenters. The third-order valence-corrected chi connectivity index (χ3v) is 3.99. The number of benzene rings is 1. The minimum atomic E-state index is -0.307. The molecule has 2 heterocycles. The number of hydrogen-bond donors (Lipinski definition) is 1. The third-order valence-electron chi connectivity index (χ3n) is 2.94. The predicted octanol–water partition coefficient (Wildman–Crippen LogP) is 2.46. The second-order valence-electron chi connectivity index (χ2n) is 4.49. The molecule has 3 rings (SSSR count). The van der Waals surface area contributed by atoms with Crippen molar-refractivity contribution in [2.75, 3.05) is 5.32 Å². The summed E-state index contributed by atoms with van der Waals surface area (Å²) in [6, 6.07) is 7.60. The fourth-order valence-electron chi connectivity index (χ4n) is 1.92. The summed E-state index contributed by atoms with van der Waals surface area (Å²) in [5.41, 5.74) is 1.05. The Bertz CT molecular complexity index is 842. The summed E-state index contributed by atoms with van der Waals surface area (Å²) in [6.07, 6.45) is 0.768. The lowest BCUT2D eigenvalue weighted by Crippen LogP contribution is -2.16. The smallest absolute Gasteiger partial charge is 0.275 e. The molecule has 21 heavy (non-hydrogen) atoms. The fourth-order valence-corrected chi connectivity index (χ4v) is 2.78. The van der Waals surface area contributed by atoms with Crippen LogP contribution in [-0.2, 0) is 13.0 Å². The molecule has 0 saturated heterocycles. The summed E-state index contributed by atoms with van der Waals surface area (Å²) in [5.74, 6) is -0.307.